The monoisotopic (exact) mass is 365 g/mol. The maximum atomic E-state index is 11.6. The van der Waals surface area contributed by atoms with E-state index in [1.807, 2.05) is 0 Å². The van der Waals surface area contributed by atoms with Gasteiger partial charge in [-0.3, -0.25) is 9.69 Å². The van der Waals surface area contributed by atoms with E-state index in [0.29, 0.717) is 6.54 Å². The quantitative estimate of drug-likeness (QED) is 0.699. The molecule has 0 radical (unpaired) electrons. The highest BCUT2D eigenvalue weighted by atomic mass is 32.1. The van der Waals surface area contributed by atoms with Crippen LogP contribution in [-0.2, 0) is 4.79 Å². The number of piperidine rings is 1. The molecule has 0 aliphatic carbocycles. The molecule has 26 heavy (non-hydrogen) atoms. The lowest BCUT2D eigenvalue weighted by Gasteiger charge is -2.37. The van der Waals surface area contributed by atoms with Crippen LogP contribution in [0.2, 0.25) is 0 Å². The normalized spacial score (nSPS) is 19.5. The number of hydrogen-bond acceptors (Lipinski definition) is 3. The maximum Gasteiger partial charge on any atom is 0.307 e. The van der Waals surface area contributed by atoms with Gasteiger partial charge in [-0.15, -0.1) is 11.3 Å². The molecule has 3 aromatic rings. The largest absolute Gasteiger partial charge is 0.481 e. The van der Waals surface area contributed by atoms with Crippen LogP contribution >= 0.6 is 11.3 Å². The molecule has 1 saturated heterocycles. The molecular formula is C22H23NO2S. The fourth-order valence-electron chi connectivity index (χ4n) is 4.10. The average molecular weight is 365 g/mol. The zero-order valence-electron chi connectivity index (χ0n) is 14.9. The van der Waals surface area contributed by atoms with E-state index in [-0.39, 0.29) is 12.0 Å². The summed E-state index contributed by atoms with van der Waals surface area (Å²) >= 11 is 1.78. The fraction of sp³-hybridized carbons (Fsp3) is 0.318. The molecular weight excluding hydrogens is 342 g/mol. The number of carboxylic acids is 1. The summed E-state index contributed by atoms with van der Waals surface area (Å²) in [5, 5.41) is 14.2. The van der Waals surface area contributed by atoms with Crippen LogP contribution in [0.15, 0.2) is 53.9 Å². The van der Waals surface area contributed by atoms with Crippen LogP contribution in [0, 0.1) is 12.8 Å². The number of fused-ring (bicyclic) bond motifs is 1. The fourth-order valence-corrected chi connectivity index (χ4v) is 5.18. The van der Waals surface area contributed by atoms with Gasteiger partial charge in [-0.25, -0.2) is 0 Å². The van der Waals surface area contributed by atoms with E-state index in [1.165, 1.54) is 26.8 Å². The van der Waals surface area contributed by atoms with Crippen molar-refractivity contribution < 1.29 is 9.90 Å². The second kappa shape index (κ2) is 7.22. The van der Waals surface area contributed by atoms with Gasteiger partial charge in [-0.2, -0.15) is 0 Å². The highest BCUT2D eigenvalue weighted by Gasteiger charge is 2.33. The minimum atomic E-state index is -0.672. The smallest absolute Gasteiger partial charge is 0.307 e. The van der Waals surface area contributed by atoms with Gasteiger partial charge < -0.3 is 5.11 Å². The first-order valence-corrected chi connectivity index (χ1v) is 10.0. The average Bonchev–Trinajstić information content (AvgIpc) is 3.08. The van der Waals surface area contributed by atoms with Gasteiger partial charge in [-0.05, 0) is 59.7 Å². The van der Waals surface area contributed by atoms with E-state index in [1.54, 1.807) is 11.3 Å². The Morgan fingerprint density at radius 3 is 2.77 bits per heavy atom. The van der Waals surface area contributed by atoms with E-state index < -0.39 is 5.97 Å². The number of nitrogens with zero attached hydrogens (tertiary/aromatic N) is 1. The predicted molar refractivity (Wildman–Crippen MR) is 107 cm³/mol. The van der Waals surface area contributed by atoms with Gasteiger partial charge in [0.05, 0.1) is 12.0 Å². The third-order valence-corrected chi connectivity index (χ3v) is 6.51. The Morgan fingerprint density at radius 2 is 2.00 bits per heavy atom. The summed E-state index contributed by atoms with van der Waals surface area (Å²) in [6, 6.07) is 17.2. The number of rotatable bonds is 4. The Balaban J connectivity index is 1.84. The highest BCUT2D eigenvalue weighted by molar-refractivity contribution is 7.10. The summed E-state index contributed by atoms with van der Waals surface area (Å²) in [6.07, 6.45) is 1.71. The molecule has 0 amide bonds. The van der Waals surface area contributed by atoms with Crippen molar-refractivity contribution >= 4 is 28.1 Å². The van der Waals surface area contributed by atoms with Crippen molar-refractivity contribution in [3.63, 3.8) is 0 Å². The number of aliphatic carboxylic acids is 1. The predicted octanol–water partition coefficient (Wildman–Crippen LogP) is 5.10. The van der Waals surface area contributed by atoms with Gasteiger partial charge in [-0.1, -0.05) is 42.5 Å². The number of benzene rings is 2. The zero-order chi connectivity index (χ0) is 18.1. The Morgan fingerprint density at radius 1 is 1.19 bits per heavy atom. The van der Waals surface area contributed by atoms with Crippen molar-refractivity contribution in [1.29, 1.82) is 0 Å². The first kappa shape index (κ1) is 17.3. The topological polar surface area (TPSA) is 40.5 Å². The molecule has 1 fully saturated rings. The number of carboxylic acid groups (broad SMARTS) is 1. The minimum absolute atomic E-state index is 0.114. The Labute approximate surface area is 157 Å². The molecule has 1 aliphatic rings. The van der Waals surface area contributed by atoms with Crippen molar-refractivity contribution in [1.82, 2.24) is 4.90 Å². The first-order valence-electron chi connectivity index (χ1n) is 9.13. The van der Waals surface area contributed by atoms with Crippen molar-refractivity contribution in [3.05, 3.63) is 69.9 Å². The van der Waals surface area contributed by atoms with Crippen LogP contribution in [0.25, 0.3) is 10.8 Å². The van der Waals surface area contributed by atoms with E-state index in [4.69, 9.17) is 0 Å². The van der Waals surface area contributed by atoms with Crippen LogP contribution < -0.4 is 0 Å². The molecule has 2 unspecified atom stereocenters. The van der Waals surface area contributed by atoms with Crippen LogP contribution in [0.4, 0.5) is 0 Å². The van der Waals surface area contributed by atoms with Crippen molar-refractivity contribution in [3.8, 4) is 0 Å². The van der Waals surface area contributed by atoms with Crippen molar-refractivity contribution in [2.24, 2.45) is 5.92 Å². The lowest BCUT2D eigenvalue weighted by Crippen LogP contribution is -2.41. The number of thiophene rings is 1. The molecule has 2 aromatic carbocycles. The van der Waals surface area contributed by atoms with Gasteiger partial charge >= 0.3 is 5.97 Å². The van der Waals surface area contributed by atoms with Gasteiger partial charge in [0.25, 0.3) is 0 Å². The summed E-state index contributed by atoms with van der Waals surface area (Å²) in [7, 11) is 0. The molecule has 2 atom stereocenters. The van der Waals surface area contributed by atoms with Gasteiger partial charge in [0.15, 0.2) is 0 Å². The lowest BCUT2D eigenvalue weighted by molar-refractivity contribution is -0.143. The van der Waals surface area contributed by atoms with Crippen molar-refractivity contribution in [2.45, 2.75) is 25.8 Å². The zero-order valence-corrected chi connectivity index (χ0v) is 15.7. The van der Waals surface area contributed by atoms with Crippen LogP contribution in [-0.4, -0.2) is 29.1 Å². The molecule has 1 aliphatic heterocycles. The first-order chi connectivity index (χ1) is 12.6. The van der Waals surface area contributed by atoms with Crippen LogP contribution in [0.3, 0.4) is 0 Å². The van der Waals surface area contributed by atoms with Gasteiger partial charge in [0.1, 0.15) is 0 Å². The summed E-state index contributed by atoms with van der Waals surface area (Å²) in [5.74, 6) is -0.948. The molecule has 1 aromatic heterocycles. The molecule has 0 saturated carbocycles. The van der Waals surface area contributed by atoms with Crippen LogP contribution in [0.5, 0.6) is 0 Å². The standard InChI is InChI=1S/C22H23NO2S/c1-15-11-13-26-21(15)20(23-12-5-8-17(14-23)22(24)25)19-10-4-7-16-6-2-3-9-18(16)19/h2-4,6-7,9-11,13,17,20H,5,8,12,14H2,1H3,(H,24,25). The second-order valence-corrected chi connectivity index (χ2v) is 8.06. The Bertz CT molecular complexity index is 927. The Hall–Kier alpha value is -2.17. The third-order valence-electron chi connectivity index (χ3n) is 5.44. The number of likely N-dealkylation sites (tertiary alicyclic amines) is 1. The molecule has 3 nitrogen and oxygen atoms in total. The molecule has 2 heterocycles. The molecule has 134 valence electrons. The number of carbonyl (C=O) groups is 1. The summed E-state index contributed by atoms with van der Waals surface area (Å²) < 4.78 is 0. The van der Waals surface area contributed by atoms with Gasteiger partial charge in [0.2, 0.25) is 0 Å². The third kappa shape index (κ3) is 3.15. The van der Waals surface area contributed by atoms with Crippen LogP contribution in [0.1, 0.15) is 34.9 Å². The summed E-state index contributed by atoms with van der Waals surface area (Å²) in [4.78, 5) is 15.3. The number of aryl methyl sites for hydroxylation is 1. The summed E-state index contributed by atoms with van der Waals surface area (Å²) in [5.41, 5.74) is 2.56. The number of hydrogen-bond donors (Lipinski definition) is 1. The second-order valence-electron chi connectivity index (χ2n) is 7.11. The minimum Gasteiger partial charge on any atom is -0.481 e. The van der Waals surface area contributed by atoms with E-state index >= 15 is 0 Å². The Kier molecular flexibility index (Phi) is 4.79. The van der Waals surface area contributed by atoms with E-state index in [0.717, 1.165) is 19.4 Å². The van der Waals surface area contributed by atoms with Crippen molar-refractivity contribution in [2.75, 3.05) is 13.1 Å². The maximum absolute atomic E-state index is 11.6. The summed E-state index contributed by atoms with van der Waals surface area (Å²) in [6.45, 7) is 3.71. The van der Waals surface area contributed by atoms with Gasteiger partial charge in [0, 0.05) is 11.4 Å². The molecule has 4 heteroatoms. The highest BCUT2D eigenvalue weighted by Crippen LogP contribution is 2.39. The lowest BCUT2D eigenvalue weighted by atomic mass is 9.91. The molecule has 1 N–H and O–H groups in total. The van der Waals surface area contributed by atoms with E-state index in [9.17, 15) is 9.90 Å². The molecule has 0 bridgehead atoms. The molecule has 4 rings (SSSR count). The SMILES string of the molecule is Cc1ccsc1C(c1cccc2ccccc12)N1CCCC(C(=O)O)C1. The van der Waals surface area contributed by atoms with E-state index in [2.05, 4.69) is 65.7 Å². The molecule has 0 spiro atoms.